The third-order valence-electron chi connectivity index (χ3n) is 1.96. The first-order valence-electron chi connectivity index (χ1n) is 4.59. The second-order valence-electron chi connectivity index (χ2n) is 3.04. The van der Waals surface area contributed by atoms with Crippen molar-refractivity contribution in [2.75, 3.05) is 6.61 Å². The molecule has 1 N–H and O–H groups in total. The third-order valence-corrected chi connectivity index (χ3v) is 1.96. The fourth-order valence-corrected chi connectivity index (χ4v) is 1.26. The van der Waals surface area contributed by atoms with E-state index in [2.05, 4.69) is 15.2 Å². The van der Waals surface area contributed by atoms with Crippen LogP contribution in [0.1, 0.15) is 12.2 Å². The zero-order chi connectivity index (χ0) is 9.80. The number of aromatic nitrogens is 3. The molecule has 0 fully saturated rings. The molecule has 1 aromatic carbocycles. The van der Waals surface area contributed by atoms with Gasteiger partial charge in [-0.2, -0.15) is 0 Å². The molecule has 2 aromatic rings. The molecule has 0 unspecified atom stereocenters. The van der Waals surface area contributed by atoms with E-state index in [1.165, 1.54) is 0 Å². The van der Waals surface area contributed by atoms with E-state index in [4.69, 9.17) is 5.11 Å². The van der Waals surface area contributed by atoms with Crippen LogP contribution in [0, 0.1) is 0 Å². The smallest absolute Gasteiger partial charge is 0.151 e. The second-order valence-corrected chi connectivity index (χ2v) is 3.04. The Labute approximate surface area is 81.6 Å². The fraction of sp³-hybridized carbons (Fsp3) is 0.300. The minimum absolute atomic E-state index is 0.163. The van der Waals surface area contributed by atoms with Gasteiger partial charge in [0.25, 0.3) is 0 Å². The van der Waals surface area contributed by atoms with Crippen molar-refractivity contribution in [3.63, 3.8) is 0 Å². The number of para-hydroxylation sites is 1. The maximum Gasteiger partial charge on any atom is 0.151 e. The molecule has 1 aromatic heterocycles. The van der Waals surface area contributed by atoms with Gasteiger partial charge >= 0.3 is 0 Å². The van der Waals surface area contributed by atoms with Crippen LogP contribution in [0.25, 0.3) is 11.0 Å². The van der Waals surface area contributed by atoms with Crippen molar-refractivity contribution in [3.8, 4) is 0 Å². The van der Waals surface area contributed by atoms with Gasteiger partial charge in [-0.15, -0.1) is 10.2 Å². The molecule has 4 nitrogen and oxygen atoms in total. The number of benzene rings is 1. The molecule has 0 aliphatic heterocycles. The van der Waals surface area contributed by atoms with Gasteiger partial charge < -0.3 is 5.11 Å². The number of hydrogen-bond acceptors (Lipinski definition) is 4. The highest BCUT2D eigenvalue weighted by Crippen LogP contribution is 2.07. The van der Waals surface area contributed by atoms with Crippen molar-refractivity contribution in [1.82, 2.24) is 15.2 Å². The highest BCUT2D eigenvalue weighted by molar-refractivity contribution is 5.72. The van der Waals surface area contributed by atoms with Gasteiger partial charge in [-0.25, -0.2) is 4.98 Å². The summed E-state index contributed by atoms with van der Waals surface area (Å²) in [5.74, 6) is 0.692. The molecule has 0 atom stereocenters. The second kappa shape index (κ2) is 4.11. The maximum absolute atomic E-state index is 8.66. The number of aliphatic hydroxyl groups is 1. The van der Waals surface area contributed by atoms with E-state index < -0.39 is 0 Å². The van der Waals surface area contributed by atoms with Crippen molar-refractivity contribution in [2.45, 2.75) is 12.8 Å². The molecular formula is C10H11N3O. The minimum Gasteiger partial charge on any atom is -0.396 e. The van der Waals surface area contributed by atoms with Crippen LogP contribution >= 0.6 is 0 Å². The molecule has 0 amide bonds. The number of aliphatic hydroxyl groups excluding tert-OH is 1. The number of hydrogen-bond donors (Lipinski definition) is 1. The summed E-state index contributed by atoms with van der Waals surface area (Å²) in [5.41, 5.74) is 1.66. The van der Waals surface area contributed by atoms with Crippen LogP contribution < -0.4 is 0 Å². The highest BCUT2D eigenvalue weighted by Gasteiger charge is 1.99. The summed E-state index contributed by atoms with van der Waals surface area (Å²) >= 11 is 0. The van der Waals surface area contributed by atoms with E-state index in [9.17, 15) is 0 Å². The normalized spacial score (nSPS) is 10.6. The molecule has 2 rings (SSSR count). The summed E-state index contributed by atoms with van der Waals surface area (Å²) in [4.78, 5) is 4.33. The molecular weight excluding hydrogens is 178 g/mol. The van der Waals surface area contributed by atoms with E-state index in [0.717, 1.165) is 11.0 Å². The van der Waals surface area contributed by atoms with Crippen LogP contribution in [0.3, 0.4) is 0 Å². The van der Waals surface area contributed by atoms with Crippen LogP contribution in [0.5, 0.6) is 0 Å². The van der Waals surface area contributed by atoms with Gasteiger partial charge in [0.05, 0.1) is 5.52 Å². The van der Waals surface area contributed by atoms with Gasteiger partial charge in [0.15, 0.2) is 5.82 Å². The fourth-order valence-electron chi connectivity index (χ4n) is 1.26. The Kier molecular flexibility index (Phi) is 2.65. The monoisotopic (exact) mass is 189 g/mol. The molecule has 0 saturated carbocycles. The van der Waals surface area contributed by atoms with Crippen LogP contribution in [-0.2, 0) is 6.42 Å². The summed E-state index contributed by atoms with van der Waals surface area (Å²) in [6.07, 6.45) is 1.36. The summed E-state index contributed by atoms with van der Waals surface area (Å²) in [6, 6.07) is 7.62. The van der Waals surface area contributed by atoms with Gasteiger partial charge in [-0.1, -0.05) is 12.1 Å². The number of aryl methyl sites for hydroxylation is 1. The predicted molar refractivity (Wildman–Crippen MR) is 52.7 cm³/mol. The Morgan fingerprint density at radius 1 is 1.07 bits per heavy atom. The lowest BCUT2D eigenvalue weighted by atomic mass is 10.3. The SMILES string of the molecule is OCCCc1nnc2ccccc2n1. The molecule has 0 aliphatic rings. The zero-order valence-electron chi connectivity index (χ0n) is 7.72. The number of fused-ring (bicyclic) bond motifs is 1. The summed E-state index contributed by atoms with van der Waals surface area (Å²) < 4.78 is 0. The van der Waals surface area contributed by atoms with Gasteiger partial charge in [0.2, 0.25) is 0 Å². The standard InChI is InChI=1S/C10H11N3O/c14-7-3-6-10-11-8-4-1-2-5-9(8)12-13-10/h1-2,4-5,14H,3,6-7H2. The van der Waals surface area contributed by atoms with Gasteiger partial charge in [-0.05, 0) is 18.6 Å². The summed E-state index contributed by atoms with van der Waals surface area (Å²) in [7, 11) is 0. The van der Waals surface area contributed by atoms with Crippen molar-refractivity contribution in [1.29, 1.82) is 0 Å². The molecule has 0 aliphatic carbocycles. The Morgan fingerprint density at radius 2 is 1.86 bits per heavy atom. The highest BCUT2D eigenvalue weighted by atomic mass is 16.2. The van der Waals surface area contributed by atoms with Crippen molar-refractivity contribution < 1.29 is 5.11 Å². The van der Waals surface area contributed by atoms with Crippen molar-refractivity contribution in [3.05, 3.63) is 30.1 Å². The topological polar surface area (TPSA) is 58.9 Å². The lowest BCUT2D eigenvalue weighted by Crippen LogP contribution is -1.99. The average Bonchev–Trinajstić information content (AvgIpc) is 2.26. The van der Waals surface area contributed by atoms with E-state index in [1.807, 2.05) is 24.3 Å². The van der Waals surface area contributed by atoms with Crippen LogP contribution in [-0.4, -0.2) is 26.9 Å². The molecule has 4 heteroatoms. The third kappa shape index (κ3) is 1.85. The Bertz CT molecular complexity index is 430. The Hall–Kier alpha value is -1.55. The molecule has 0 saturated heterocycles. The molecule has 72 valence electrons. The van der Waals surface area contributed by atoms with Gasteiger partial charge in [0.1, 0.15) is 5.52 Å². The molecule has 14 heavy (non-hydrogen) atoms. The first kappa shape index (κ1) is 9.02. The van der Waals surface area contributed by atoms with E-state index >= 15 is 0 Å². The number of nitrogens with zero attached hydrogens (tertiary/aromatic N) is 3. The Morgan fingerprint density at radius 3 is 2.64 bits per heavy atom. The Balaban J connectivity index is 2.32. The molecule has 0 bridgehead atoms. The quantitative estimate of drug-likeness (QED) is 0.781. The van der Waals surface area contributed by atoms with Gasteiger partial charge in [-0.3, -0.25) is 0 Å². The average molecular weight is 189 g/mol. The maximum atomic E-state index is 8.66. The first-order valence-corrected chi connectivity index (χ1v) is 4.59. The van der Waals surface area contributed by atoms with Crippen LogP contribution in [0.15, 0.2) is 24.3 Å². The van der Waals surface area contributed by atoms with E-state index in [1.54, 1.807) is 0 Å². The lowest BCUT2D eigenvalue weighted by molar-refractivity contribution is 0.287. The predicted octanol–water partition coefficient (Wildman–Crippen LogP) is 0.950. The lowest BCUT2D eigenvalue weighted by Gasteiger charge is -1.98. The number of rotatable bonds is 3. The van der Waals surface area contributed by atoms with E-state index in [-0.39, 0.29) is 6.61 Å². The molecule has 0 spiro atoms. The van der Waals surface area contributed by atoms with Crippen molar-refractivity contribution >= 4 is 11.0 Å². The summed E-state index contributed by atoms with van der Waals surface area (Å²) in [5, 5.41) is 16.7. The minimum atomic E-state index is 0.163. The molecule has 0 radical (unpaired) electrons. The van der Waals surface area contributed by atoms with Crippen molar-refractivity contribution in [2.24, 2.45) is 0 Å². The van der Waals surface area contributed by atoms with E-state index in [0.29, 0.717) is 18.7 Å². The molecule has 1 heterocycles. The zero-order valence-corrected chi connectivity index (χ0v) is 7.72. The van der Waals surface area contributed by atoms with Crippen LogP contribution in [0.4, 0.5) is 0 Å². The first-order chi connectivity index (χ1) is 6.90. The largest absolute Gasteiger partial charge is 0.396 e. The van der Waals surface area contributed by atoms with Gasteiger partial charge in [0, 0.05) is 13.0 Å². The van der Waals surface area contributed by atoms with Crippen LogP contribution in [0.2, 0.25) is 0 Å². The summed E-state index contributed by atoms with van der Waals surface area (Å²) in [6.45, 7) is 0.163.